The molecule has 4 N–H and O–H groups in total. The highest BCUT2D eigenvalue weighted by atomic mass is 16.2. The maximum absolute atomic E-state index is 12.7. The van der Waals surface area contributed by atoms with Crippen LogP contribution in [0, 0.1) is 0 Å². The number of hydrogen-bond donors (Lipinski definition) is 4. The SMILES string of the molecule is CC(=O)Nc1cccc(Nc2nc(Nc3ccccc3)ncc2C(=O)NC2CC2)c1. The van der Waals surface area contributed by atoms with E-state index < -0.39 is 0 Å². The van der Waals surface area contributed by atoms with Crippen molar-refractivity contribution in [2.24, 2.45) is 0 Å². The fourth-order valence-electron chi connectivity index (χ4n) is 2.86. The molecule has 0 bridgehead atoms. The zero-order chi connectivity index (χ0) is 20.9. The van der Waals surface area contributed by atoms with E-state index in [1.807, 2.05) is 42.5 Å². The van der Waals surface area contributed by atoms with Crippen LogP contribution in [0.3, 0.4) is 0 Å². The molecule has 30 heavy (non-hydrogen) atoms. The molecule has 0 aliphatic heterocycles. The lowest BCUT2D eigenvalue weighted by molar-refractivity contribution is -0.114. The highest BCUT2D eigenvalue weighted by molar-refractivity contribution is 5.99. The number of rotatable bonds is 7. The van der Waals surface area contributed by atoms with Crippen molar-refractivity contribution in [3.63, 3.8) is 0 Å². The number of nitrogens with one attached hydrogen (secondary N) is 4. The number of amides is 2. The van der Waals surface area contributed by atoms with Gasteiger partial charge in [0.1, 0.15) is 11.4 Å². The number of carbonyl (C=O) groups excluding carboxylic acids is 2. The standard InChI is InChI=1S/C22H22N6O2/c1-14(29)24-17-8-5-9-18(12-17)25-20-19(21(30)26-16-10-11-16)13-23-22(28-20)27-15-6-3-2-4-7-15/h2-9,12-13,16H,10-11H2,1H3,(H,24,29)(H,26,30)(H2,23,25,27,28). The summed E-state index contributed by atoms with van der Waals surface area (Å²) in [6.07, 6.45) is 3.49. The van der Waals surface area contributed by atoms with Crippen molar-refractivity contribution in [3.05, 3.63) is 66.4 Å². The Kier molecular flexibility index (Phi) is 5.56. The Morgan fingerprint density at radius 2 is 1.67 bits per heavy atom. The predicted octanol–water partition coefficient (Wildman–Crippen LogP) is 3.81. The summed E-state index contributed by atoms with van der Waals surface area (Å²) in [7, 11) is 0. The Balaban J connectivity index is 1.62. The van der Waals surface area contributed by atoms with E-state index in [1.54, 1.807) is 12.1 Å². The molecule has 1 aliphatic rings. The minimum atomic E-state index is -0.218. The van der Waals surface area contributed by atoms with E-state index in [2.05, 4.69) is 31.2 Å². The normalized spacial score (nSPS) is 12.7. The molecule has 0 saturated heterocycles. The molecule has 0 spiro atoms. The minimum absolute atomic E-state index is 0.159. The number of hydrogen-bond acceptors (Lipinski definition) is 6. The zero-order valence-corrected chi connectivity index (χ0v) is 16.5. The summed E-state index contributed by atoms with van der Waals surface area (Å²) < 4.78 is 0. The van der Waals surface area contributed by atoms with Crippen LogP contribution in [0.5, 0.6) is 0 Å². The second kappa shape index (κ2) is 8.60. The summed E-state index contributed by atoms with van der Waals surface area (Å²) >= 11 is 0. The third-order valence-corrected chi connectivity index (χ3v) is 4.42. The molecule has 0 radical (unpaired) electrons. The maximum Gasteiger partial charge on any atom is 0.256 e. The van der Waals surface area contributed by atoms with Gasteiger partial charge >= 0.3 is 0 Å². The maximum atomic E-state index is 12.7. The fraction of sp³-hybridized carbons (Fsp3) is 0.182. The van der Waals surface area contributed by atoms with Gasteiger partial charge in [-0.3, -0.25) is 9.59 Å². The number of carbonyl (C=O) groups is 2. The molecule has 2 amide bonds. The van der Waals surface area contributed by atoms with Crippen LogP contribution in [-0.4, -0.2) is 27.8 Å². The van der Waals surface area contributed by atoms with Crippen molar-refractivity contribution in [3.8, 4) is 0 Å². The van der Waals surface area contributed by atoms with Crippen LogP contribution in [0.2, 0.25) is 0 Å². The van der Waals surface area contributed by atoms with E-state index in [0.29, 0.717) is 28.7 Å². The first-order valence-electron chi connectivity index (χ1n) is 9.71. The zero-order valence-electron chi connectivity index (χ0n) is 16.5. The molecule has 8 heteroatoms. The summed E-state index contributed by atoms with van der Waals surface area (Å²) in [6, 6.07) is 17.0. The lowest BCUT2D eigenvalue weighted by Crippen LogP contribution is -2.26. The number of benzene rings is 2. The van der Waals surface area contributed by atoms with Crippen LogP contribution in [0.1, 0.15) is 30.1 Å². The summed E-state index contributed by atoms with van der Waals surface area (Å²) in [4.78, 5) is 32.8. The van der Waals surface area contributed by atoms with Crippen LogP contribution < -0.4 is 21.3 Å². The Morgan fingerprint density at radius 1 is 0.933 bits per heavy atom. The highest BCUT2D eigenvalue weighted by Gasteiger charge is 2.25. The fourth-order valence-corrected chi connectivity index (χ4v) is 2.86. The molecule has 1 aromatic heterocycles. The van der Waals surface area contributed by atoms with Gasteiger partial charge in [0.15, 0.2) is 0 Å². The molecule has 0 atom stereocenters. The molecule has 1 heterocycles. The van der Waals surface area contributed by atoms with Crippen LogP contribution in [0.15, 0.2) is 60.8 Å². The Bertz CT molecular complexity index is 1070. The lowest BCUT2D eigenvalue weighted by atomic mass is 10.2. The third kappa shape index (κ3) is 5.11. The average Bonchev–Trinajstić information content (AvgIpc) is 3.53. The number of nitrogens with zero attached hydrogens (tertiary/aromatic N) is 2. The lowest BCUT2D eigenvalue weighted by Gasteiger charge is -2.14. The van der Waals surface area contributed by atoms with Gasteiger partial charge in [-0.1, -0.05) is 24.3 Å². The first kappa shape index (κ1) is 19.4. The molecule has 8 nitrogen and oxygen atoms in total. The first-order chi connectivity index (χ1) is 14.6. The van der Waals surface area contributed by atoms with Gasteiger partial charge in [0.05, 0.1) is 0 Å². The number of para-hydroxylation sites is 1. The quantitative estimate of drug-likeness (QED) is 0.479. The summed E-state index contributed by atoms with van der Waals surface area (Å²) in [6.45, 7) is 1.45. The number of aromatic nitrogens is 2. The van der Waals surface area contributed by atoms with Gasteiger partial charge < -0.3 is 21.3 Å². The third-order valence-electron chi connectivity index (χ3n) is 4.42. The van der Waals surface area contributed by atoms with Crippen LogP contribution in [0.4, 0.5) is 28.8 Å². The summed E-state index contributed by atoms with van der Waals surface area (Å²) in [5, 5.41) is 12.0. The van der Waals surface area contributed by atoms with Crippen molar-refractivity contribution in [1.82, 2.24) is 15.3 Å². The Hall–Kier alpha value is -3.94. The van der Waals surface area contributed by atoms with Crippen molar-refractivity contribution in [1.29, 1.82) is 0 Å². The summed E-state index contributed by atoms with van der Waals surface area (Å²) in [5.74, 6) is 0.364. The van der Waals surface area contributed by atoms with Gasteiger partial charge in [-0.05, 0) is 43.2 Å². The van der Waals surface area contributed by atoms with E-state index in [4.69, 9.17) is 0 Å². The molecule has 4 rings (SSSR count). The minimum Gasteiger partial charge on any atom is -0.349 e. The largest absolute Gasteiger partial charge is 0.349 e. The van der Waals surface area contributed by atoms with Crippen molar-refractivity contribution >= 4 is 40.6 Å². The van der Waals surface area contributed by atoms with Crippen LogP contribution in [0.25, 0.3) is 0 Å². The van der Waals surface area contributed by atoms with Crippen molar-refractivity contribution in [2.45, 2.75) is 25.8 Å². The van der Waals surface area contributed by atoms with E-state index in [0.717, 1.165) is 18.5 Å². The smallest absolute Gasteiger partial charge is 0.256 e. The second-order valence-electron chi connectivity index (χ2n) is 7.08. The molecule has 1 fully saturated rings. The highest BCUT2D eigenvalue weighted by Crippen LogP contribution is 2.25. The van der Waals surface area contributed by atoms with Gasteiger partial charge in [-0.15, -0.1) is 0 Å². The molecule has 1 aliphatic carbocycles. The number of anilines is 5. The molecule has 2 aromatic carbocycles. The van der Waals surface area contributed by atoms with Gasteiger partial charge in [0.2, 0.25) is 11.9 Å². The van der Waals surface area contributed by atoms with E-state index in [9.17, 15) is 9.59 Å². The van der Waals surface area contributed by atoms with E-state index >= 15 is 0 Å². The predicted molar refractivity (Wildman–Crippen MR) is 116 cm³/mol. The van der Waals surface area contributed by atoms with Crippen molar-refractivity contribution < 1.29 is 9.59 Å². The van der Waals surface area contributed by atoms with E-state index in [1.165, 1.54) is 13.1 Å². The van der Waals surface area contributed by atoms with Crippen LogP contribution >= 0.6 is 0 Å². The Morgan fingerprint density at radius 3 is 2.40 bits per heavy atom. The molecule has 152 valence electrons. The van der Waals surface area contributed by atoms with Gasteiger partial charge in [-0.2, -0.15) is 4.98 Å². The Labute approximate surface area is 174 Å². The molecular formula is C22H22N6O2. The van der Waals surface area contributed by atoms with Gasteiger partial charge in [0.25, 0.3) is 5.91 Å². The van der Waals surface area contributed by atoms with Gasteiger partial charge in [0, 0.05) is 36.2 Å². The summed E-state index contributed by atoms with van der Waals surface area (Å²) in [5.41, 5.74) is 2.52. The monoisotopic (exact) mass is 402 g/mol. The average molecular weight is 402 g/mol. The van der Waals surface area contributed by atoms with Gasteiger partial charge in [-0.25, -0.2) is 4.98 Å². The molecular weight excluding hydrogens is 380 g/mol. The van der Waals surface area contributed by atoms with Crippen molar-refractivity contribution in [2.75, 3.05) is 16.0 Å². The topological polar surface area (TPSA) is 108 Å². The molecule has 3 aromatic rings. The second-order valence-corrected chi connectivity index (χ2v) is 7.08. The molecule has 1 saturated carbocycles. The van der Waals surface area contributed by atoms with E-state index in [-0.39, 0.29) is 17.9 Å². The van der Waals surface area contributed by atoms with Crippen LogP contribution in [-0.2, 0) is 4.79 Å². The molecule has 0 unspecified atom stereocenters. The first-order valence-corrected chi connectivity index (χ1v) is 9.71.